The van der Waals surface area contributed by atoms with Crippen molar-refractivity contribution in [2.24, 2.45) is 5.41 Å². The van der Waals surface area contributed by atoms with Crippen LogP contribution in [0.15, 0.2) is 43.0 Å². The fraction of sp³-hybridized carbons (Fsp3) is 0.514. The van der Waals surface area contributed by atoms with Gasteiger partial charge in [0.25, 0.3) is 5.91 Å². The van der Waals surface area contributed by atoms with Crippen molar-refractivity contribution in [1.82, 2.24) is 24.8 Å². The van der Waals surface area contributed by atoms with Crippen molar-refractivity contribution in [3.05, 3.63) is 65.6 Å². The third-order valence-electron chi connectivity index (χ3n) is 9.19. The summed E-state index contributed by atoms with van der Waals surface area (Å²) in [5.41, 5.74) is 1.50. The van der Waals surface area contributed by atoms with Crippen LogP contribution in [-0.4, -0.2) is 73.6 Å². The molecular formula is C35H41FN6O5. The number of amides is 2. The number of rotatable bonds is 8. The SMILES string of the molecule is CC(C)N(C(=O)c1cc(F)ccc1Oc1cncnc1N1CC2(CC(Oc3ccnc4c3CN(C(=O)OC(C)(C)C)C4)C2)C1)C1CC1. The summed E-state index contributed by atoms with van der Waals surface area (Å²) in [6, 6.07) is 6.08. The highest BCUT2D eigenvalue weighted by atomic mass is 19.1. The molecule has 12 heteroatoms. The summed E-state index contributed by atoms with van der Waals surface area (Å²) in [5.74, 6) is 1.37. The van der Waals surface area contributed by atoms with Gasteiger partial charge in [0.15, 0.2) is 11.6 Å². The molecule has 0 atom stereocenters. The van der Waals surface area contributed by atoms with Gasteiger partial charge < -0.3 is 24.0 Å². The molecule has 3 aromatic rings. The monoisotopic (exact) mass is 644 g/mol. The van der Waals surface area contributed by atoms with Crippen molar-refractivity contribution in [2.75, 3.05) is 18.0 Å². The van der Waals surface area contributed by atoms with Crippen molar-refractivity contribution >= 4 is 17.8 Å². The van der Waals surface area contributed by atoms with Crippen LogP contribution >= 0.6 is 0 Å². The van der Waals surface area contributed by atoms with E-state index < -0.39 is 11.4 Å². The maximum atomic E-state index is 14.4. The first-order valence-corrected chi connectivity index (χ1v) is 16.3. The average molecular weight is 645 g/mol. The summed E-state index contributed by atoms with van der Waals surface area (Å²) in [5, 5.41) is 0. The zero-order valence-corrected chi connectivity index (χ0v) is 27.5. The van der Waals surface area contributed by atoms with E-state index >= 15 is 0 Å². The Morgan fingerprint density at radius 1 is 1.04 bits per heavy atom. The predicted molar refractivity (Wildman–Crippen MR) is 171 cm³/mol. The molecule has 2 amide bonds. The molecule has 7 rings (SSSR count). The largest absolute Gasteiger partial charge is 0.490 e. The van der Waals surface area contributed by atoms with Crippen molar-refractivity contribution in [1.29, 1.82) is 0 Å². The summed E-state index contributed by atoms with van der Waals surface area (Å²) >= 11 is 0. The maximum Gasteiger partial charge on any atom is 0.410 e. The van der Waals surface area contributed by atoms with Crippen LogP contribution in [0.3, 0.4) is 0 Å². The summed E-state index contributed by atoms with van der Waals surface area (Å²) in [6.07, 6.45) is 8.18. The third kappa shape index (κ3) is 6.29. The van der Waals surface area contributed by atoms with Gasteiger partial charge in [-0.15, -0.1) is 0 Å². The number of hydrogen-bond acceptors (Lipinski definition) is 9. The topological polar surface area (TPSA) is 110 Å². The molecule has 2 aliphatic heterocycles. The lowest BCUT2D eigenvalue weighted by Crippen LogP contribution is -2.65. The molecule has 1 spiro atoms. The van der Waals surface area contributed by atoms with Gasteiger partial charge in [0, 0.05) is 42.3 Å². The van der Waals surface area contributed by atoms with Gasteiger partial charge in [0.1, 0.15) is 35.3 Å². The zero-order chi connectivity index (χ0) is 33.1. The minimum Gasteiger partial charge on any atom is -0.490 e. The Morgan fingerprint density at radius 3 is 2.51 bits per heavy atom. The number of anilines is 1. The third-order valence-corrected chi connectivity index (χ3v) is 9.19. The van der Waals surface area contributed by atoms with E-state index in [0.717, 1.165) is 55.8 Å². The fourth-order valence-corrected chi connectivity index (χ4v) is 6.97. The molecule has 2 aromatic heterocycles. The summed E-state index contributed by atoms with van der Waals surface area (Å²) in [4.78, 5) is 45.0. The summed E-state index contributed by atoms with van der Waals surface area (Å²) in [7, 11) is 0. The average Bonchev–Trinajstić information content (AvgIpc) is 3.69. The molecule has 2 aliphatic carbocycles. The van der Waals surface area contributed by atoms with Crippen molar-refractivity contribution < 1.29 is 28.2 Å². The van der Waals surface area contributed by atoms with E-state index in [1.165, 1.54) is 24.5 Å². The fourth-order valence-electron chi connectivity index (χ4n) is 6.97. The van der Waals surface area contributed by atoms with Crippen LogP contribution in [0.2, 0.25) is 0 Å². The van der Waals surface area contributed by atoms with Gasteiger partial charge in [-0.05, 0) is 84.6 Å². The van der Waals surface area contributed by atoms with E-state index in [-0.39, 0.29) is 46.9 Å². The number of ether oxygens (including phenoxy) is 3. The molecule has 2 saturated carbocycles. The van der Waals surface area contributed by atoms with Crippen LogP contribution in [-0.2, 0) is 17.8 Å². The van der Waals surface area contributed by atoms with E-state index in [4.69, 9.17) is 14.2 Å². The molecule has 1 aromatic carbocycles. The number of halogens is 1. The van der Waals surface area contributed by atoms with E-state index in [0.29, 0.717) is 24.7 Å². The van der Waals surface area contributed by atoms with E-state index in [2.05, 4.69) is 19.9 Å². The van der Waals surface area contributed by atoms with E-state index in [1.54, 1.807) is 17.3 Å². The molecule has 0 unspecified atom stereocenters. The molecule has 3 fully saturated rings. The van der Waals surface area contributed by atoms with Crippen LogP contribution < -0.4 is 14.4 Å². The maximum absolute atomic E-state index is 14.4. The number of hydrogen-bond donors (Lipinski definition) is 0. The zero-order valence-electron chi connectivity index (χ0n) is 27.5. The van der Waals surface area contributed by atoms with Crippen LogP contribution in [0.25, 0.3) is 0 Å². The smallest absolute Gasteiger partial charge is 0.410 e. The lowest BCUT2D eigenvalue weighted by Gasteiger charge is -2.58. The Labute approximate surface area is 274 Å². The first kappa shape index (κ1) is 31.1. The molecule has 47 heavy (non-hydrogen) atoms. The molecule has 4 heterocycles. The molecule has 11 nitrogen and oxygen atoms in total. The number of carbonyl (C=O) groups is 2. The molecular weight excluding hydrogens is 603 g/mol. The Hall–Kier alpha value is -4.48. The molecule has 248 valence electrons. The quantitative estimate of drug-likeness (QED) is 0.287. The predicted octanol–water partition coefficient (Wildman–Crippen LogP) is 6.11. The Kier molecular flexibility index (Phi) is 7.71. The number of aromatic nitrogens is 3. The summed E-state index contributed by atoms with van der Waals surface area (Å²) in [6.45, 7) is 11.9. The minimum atomic E-state index is -0.567. The lowest BCUT2D eigenvalue weighted by atomic mass is 9.61. The molecule has 4 aliphatic rings. The highest BCUT2D eigenvalue weighted by molar-refractivity contribution is 5.97. The first-order valence-electron chi connectivity index (χ1n) is 16.3. The Bertz CT molecular complexity index is 1690. The number of fused-ring (bicyclic) bond motifs is 1. The van der Waals surface area contributed by atoms with Gasteiger partial charge in [-0.25, -0.2) is 19.2 Å². The highest BCUT2D eigenvalue weighted by Gasteiger charge is 2.54. The van der Waals surface area contributed by atoms with Gasteiger partial charge in [-0.2, -0.15) is 0 Å². The second-order valence-corrected chi connectivity index (χ2v) is 14.6. The second-order valence-electron chi connectivity index (χ2n) is 14.6. The number of benzene rings is 1. The van der Waals surface area contributed by atoms with Crippen LogP contribution in [0.1, 0.15) is 81.9 Å². The standard InChI is InChI=1S/C35H41FN6O5/c1-21(2)42(23-7-8-23)32(43)25-12-22(36)6-9-28(25)46-30-15-37-20-39-31(30)41-18-35(19-41)13-24(14-35)45-29-10-11-38-27-17-40(16-26(27)29)33(44)47-34(3,4)5/h6,9-12,15,20-21,23-24H,7-8,13-14,16-19H2,1-5H3. The molecule has 1 saturated heterocycles. The van der Waals surface area contributed by atoms with Crippen LogP contribution in [0.4, 0.5) is 15.0 Å². The summed E-state index contributed by atoms with van der Waals surface area (Å²) < 4.78 is 32.6. The van der Waals surface area contributed by atoms with Crippen molar-refractivity contribution in [3.8, 4) is 17.2 Å². The molecule has 0 bridgehead atoms. The van der Waals surface area contributed by atoms with Crippen molar-refractivity contribution in [2.45, 2.75) is 97.2 Å². The van der Waals surface area contributed by atoms with E-state index in [1.807, 2.05) is 45.6 Å². The Balaban J connectivity index is 0.987. The van der Waals surface area contributed by atoms with Gasteiger partial charge in [0.2, 0.25) is 0 Å². The Morgan fingerprint density at radius 2 is 1.81 bits per heavy atom. The van der Waals surface area contributed by atoms with Crippen LogP contribution in [0, 0.1) is 11.2 Å². The normalized spacial score (nSPS) is 18.4. The molecule has 0 radical (unpaired) electrons. The van der Waals surface area contributed by atoms with Gasteiger partial charge in [0.05, 0.1) is 30.5 Å². The lowest BCUT2D eigenvalue weighted by molar-refractivity contribution is -0.0349. The van der Waals surface area contributed by atoms with E-state index in [9.17, 15) is 14.0 Å². The van der Waals surface area contributed by atoms with Crippen molar-refractivity contribution in [3.63, 3.8) is 0 Å². The first-order chi connectivity index (χ1) is 22.4. The molecule has 0 N–H and O–H groups in total. The highest BCUT2D eigenvalue weighted by Crippen LogP contribution is 2.52. The van der Waals surface area contributed by atoms with Gasteiger partial charge >= 0.3 is 6.09 Å². The number of nitrogens with zero attached hydrogens (tertiary/aromatic N) is 6. The van der Waals surface area contributed by atoms with Crippen LogP contribution in [0.5, 0.6) is 17.2 Å². The van der Waals surface area contributed by atoms with Gasteiger partial charge in [-0.3, -0.25) is 14.7 Å². The van der Waals surface area contributed by atoms with Gasteiger partial charge in [-0.1, -0.05) is 0 Å². The minimum absolute atomic E-state index is 0.0132. The second kappa shape index (κ2) is 11.6. The number of carbonyl (C=O) groups excluding carboxylic acids is 2. The number of pyridine rings is 1.